The third-order valence-electron chi connectivity index (χ3n) is 6.12. The summed E-state index contributed by atoms with van der Waals surface area (Å²) in [5.74, 6) is 0.700. The first-order valence-electron chi connectivity index (χ1n) is 11.7. The van der Waals surface area contributed by atoms with Gasteiger partial charge in [0.2, 0.25) is 18.2 Å². The first-order chi connectivity index (χ1) is 17.0. The van der Waals surface area contributed by atoms with Crippen LogP contribution in [0.25, 0.3) is 0 Å². The van der Waals surface area contributed by atoms with Crippen molar-refractivity contribution in [2.75, 3.05) is 45.7 Å². The Hall–Kier alpha value is -2.40. The first-order valence-corrected chi connectivity index (χ1v) is 14.0. The van der Waals surface area contributed by atoms with Gasteiger partial charge in [-0.3, -0.25) is 19.4 Å². The molecule has 2 aromatic rings. The molecule has 8 nitrogen and oxygen atoms in total. The fraction of sp³-hybridized carbons (Fsp3) is 0.480. The molecule has 190 valence electrons. The van der Waals surface area contributed by atoms with E-state index in [0.29, 0.717) is 19.5 Å². The fourth-order valence-corrected chi connectivity index (χ4v) is 5.55. The van der Waals surface area contributed by atoms with E-state index in [4.69, 9.17) is 0 Å². The van der Waals surface area contributed by atoms with E-state index < -0.39 is 12.2 Å². The Morgan fingerprint density at radius 3 is 2.57 bits per heavy atom. The predicted octanol–water partition coefficient (Wildman–Crippen LogP) is 2.13. The van der Waals surface area contributed by atoms with Gasteiger partial charge in [0.1, 0.15) is 12.2 Å². The van der Waals surface area contributed by atoms with Gasteiger partial charge in [0, 0.05) is 25.0 Å². The molecule has 1 aromatic heterocycles. The van der Waals surface area contributed by atoms with Gasteiger partial charge in [-0.2, -0.15) is 11.8 Å². The van der Waals surface area contributed by atoms with E-state index in [1.165, 1.54) is 15.4 Å². The van der Waals surface area contributed by atoms with E-state index in [-0.39, 0.29) is 18.4 Å². The molecule has 2 aliphatic rings. The maximum Gasteiger partial charge on any atom is 0.245 e. The summed E-state index contributed by atoms with van der Waals surface area (Å²) in [5, 5.41) is 8.29. The standard InChI is InChI=1S/C17H24N4O3S2.C8H11N/c1-18-11-16(23)21-14(6-9-25-2)17(24)19(10-15(21)20(18)12-22)7-5-13-4-3-8-26-13;1-9-7-8-5-3-2-4-6-8/h3-4,8,12,14-15H,5-7,9-11H2,1-2H3;2-6,9H,7H2,1H3/t14-,15?;/m0./s1. The van der Waals surface area contributed by atoms with E-state index in [0.717, 1.165) is 25.1 Å². The summed E-state index contributed by atoms with van der Waals surface area (Å²) in [6.45, 7) is 2.03. The molecule has 35 heavy (non-hydrogen) atoms. The van der Waals surface area contributed by atoms with Crippen molar-refractivity contribution in [3.63, 3.8) is 0 Å². The number of thioether (sulfide) groups is 1. The van der Waals surface area contributed by atoms with Gasteiger partial charge in [0.25, 0.3) is 0 Å². The molecule has 1 unspecified atom stereocenters. The molecular formula is C25H35N5O3S2. The van der Waals surface area contributed by atoms with Crippen molar-refractivity contribution < 1.29 is 14.4 Å². The number of rotatable bonds is 9. The molecule has 3 heterocycles. The number of nitrogens with zero attached hydrogens (tertiary/aromatic N) is 4. The highest BCUT2D eigenvalue weighted by molar-refractivity contribution is 7.98. The lowest BCUT2D eigenvalue weighted by Crippen LogP contribution is -2.74. The van der Waals surface area contributed by atoms with Gasteiger partial charge in [-0.25, -0.2) is 5.01 Å². The van der Waals surface area contributed by atoms with Gasteiger partial charge >= 0.3 is 0 Å². The second-order valence-electron chi connectivity index (χ2n) is 8.51. The number of piperazine rings is 1. The van der Waals surface area contributed by atoms with Crippen molar-refractivity contribution in [1.29, 1.82) is 0 Å². The Balaban J connectivity index is 0.000000320. The molecule has 2 atom stereocenters. The smallest absolute Gasteiger partial charge is 0.245 e. The van der Waals surface area contributed by atoms with Gasteiger partial charge in [0.15, 0.2) is 0 Å². The second-order valence-corrected chi connectivity index (χ2v) is 10.5. The zero-order chi connectivity index (χ0) is 25.2. The number of hydrazine groups is 1. The number of carbonyl (C=O) groups excluding carboxylic acids is 3. The Labute approximate surface area is 216 Å². The van der Waals surface area contributed by atoms with Gasteiger partial charge in [-0.15, -0.1) is 11.3 Å². The normalized spacial score (nSPS) is 20.4. The Morgan fingerprint density at radius 2 is 1.94 bits per heavy atom. The summed E-state index contributed by atoms with van der Waals surface area (Å²) in [7, 11) is 3.68. The number of amides is 3. The highest BCUT2D eigenvalue weighted by Crippen LogP contribution is 2.27. The zero-order valence-corrected chi connectivity index (χ0v) is 22.3. The van der Waals surface area contributed by atoms with Crippen molar-refractivity contribution in [1.82, 2.24) is 25.1 Å². The van der Waals surface area contributed by atoms with Crippen molar-refractivity contribution in [3.8, 4) is 0 Å². The van der Waals surface area contributed by atoms with E-state index in [1.807, 2.05) is 47.8 Å². The van der Waals surface area contributed by atoms with Crippen molar-refractivity contribution in [2.45, 2.75) is 31.6 Å². The van der Waals surface area contributed by atoms with Crippen LogP contribution in [0.1, 0.15) is 16.9 Å². The number of hydrogen-bond acceptors (Lipinski definition) is 7. The zero-order valence-electron chi connectivity index (χ0n) is 20.6. The number of thiophene rings is 1. The van der Waals surface area contributed by atoms with Crippen LogP contribution in [0.4, 0.5) is 0 Å². The maximum atomic E-state index is 13.1. The van der Waals surface area contributed by atoms with E-state index in [9.17, 15) is 14.4 Å². The summed E-state index contributed by atoms with van der Waals surface area (Å²) in [6, 6.07) is 13.9. The van der Waals surface area contributed by atoms with Crippen molar-refractivity contribution >= 4 is 41.3 Å². The molecule has 2 fully saturated rings. The Morgan fingerprint density at radius 1 is 1.17 bits per heavy atom. The minimum Gasteiger partial charge on any atom is -0.337 e. The number of benzene rings is 1. The molecule has 0 aliphatic carbocycles. The summed E-state index contributed by atoms with van der Waals surface area (Å²) < 4.78 is 0. The topological polar surface area (TPSA) is 76.2 Å². The summed E-state index contributed by atoms with van der Waals surface area (Å²) in [6.07, 6.45) is 3.71. The third kappa shape index (κ3) is 7.07. The number of likely N-dealkylation sites (N-methyl/N-ethyl adjacent to an activating group) is 1. The largest absolute Gasteiger partial charge is 0.337 e. The number of fused-ring (bicyclic) bond motifs is 1. The van der Waals surface area contributed by atoms with Crippen LogP contribution in [0.5, 0.6) is 0 Å². The molecule has 1 aromatic carbocycles. The van der Waals surface area contributed by atoms with E-state index in [1.54, 1.807) is 40.1 Å². The monoisotopic (exact) mass is 517 g/mol. The van der Waals surface area contributed by atoms with Gasteiger partial charge in [-0.05, 0) is 48.9 Å². The molecule has 0 spiro atoms. The van der Waals surface area contributed by atoms with Crippen LogP contribution in [0.2, 0.25) is 0 Å². The minimum atomic E-state index is -0.492. The average Bonchev–Trinajstić information content (AvgIpc) is 3.38. The van der Waals surface area contributed by atoms with Gasteiger partial charge in [-0.1, -0.05) is 36.4 Å². The van der Waals surface area contributed by atoms with Gasteiger partial charge in [0.05, 0.1) is 13.1 Å². The van der Waals surface area contributed by atoms with Crippen LogP contribution >= 0.6 is 23.1 Å². The van der Waals surface area contributed by atoms with Crippen LogP contribution in [0, 0.1) is 0 Å². The molecule has 0 radical (unpaired) electrons. The highest BCUT2D eigenvalue weighted by atomic mass is 32.2. The Kier molecular flexibility index (Phi) is 10.6. The highest BCUT2D eigenvalue weighted by Gasteiger charge is 2.48. The van der Waals surface area contributed by atoms with Crippen LogP contribution in [-0.4, -0.2) is 96.0 Å². The number of carbonyl (C=O) groups is 3. The second kappa shape index (κ2) is 13.6. The summed E-state index contributed by atoms with van der Waals surface area (Å²) in [5.41, 5.74) is 1.33. The quantitative estimate of drug-likeness (QED) is 0.514. The lowest BCUT2D eigenvalue weighted by Gasteiger charge is -2.53. The predicted molar refractivity (Wildman–Crippen MR) is 142 cm³/mol. The lowest BCUT2D eigenvalue weighted by atomic mass is 10.0. The summed E-state index contributed by atoms with van der Waals surface area (Å²) >= 11 is 3.33. The SMILES string of the molecule is CNCc1ccccc1.CSCC[C@H]1C(=O)N(CCc2cccs2)CC2N1C(=O)CN(C)N2C=O. The van der Waals surface area contributed by atoms with Crippen LogP contribution in [0.15, 0.2) is 47.8 Å². The molecule has 0 bridgehead atoms. The number of hydrogen-bond donors (Lipinski definition) is 1. The number of nitrogens with one attached hydrogen (secondary N) is 1. The molecule has 1 N–H and O–H groups in total. The fourth-order valence-electron chi connectivity index (χ4n) is 4.39. The van der Waals surface area contributed by atoms with E-state index in [2.05, 4.69) is 23.5 Å². The molecule has 4 rings (SSSR count). The van der Waals surface area contributed by atoms with Crippen molar-refractivity contribution in [3.05, 3.63) is 58.3 Å². The molecule has 3 amide bonds. The molecule has 2 saturated heterocycles. The first kappa shape index (κ1) is 27.2. The van der Waals surface area contributed by atoms with Gasteiger partial charge < -0.3 is 15.1 Å². The van der Waals surface area contributed by atoms with Crippen LogP contribution < -0.4 is 5.32 Å². The minimum absolute atomic E-state index is 0.00407. The summed E-state index contributed by atoms with van der Waals surface area (Å²) in [4.78, 5) is 42.0. The van der Waals surface area contributed by atoms with Crippen LogP contribution in [-0.2, 0) is 27.3 Å². The molecular weight excluding hydrogens is 482 g/mol. The molecule has 2 aliphatic heterocycles. The van der Waals surface area contributed by atoms with Crippen LogP contribution in [0.3, 0.4) is 0 Å². The lowest BCUT2D eigenvalue weighted by molar-refractivity contribution is -0.196. The maximum absolute atomic E-state index is 13.1. The Bertz CT molecular complexity index is 944. The molecule has 0 saturated carbocycles. The average molecular weight is 518 g/mol. The molecule has 10 heteroatoms. The van der Waals surface area contributed by atoms with Crippen molar-refractivity contribution in [2.24, 2.45) is 0 Å². The third-order valence-corrected chi connectivity index (χ3v) is 7.70. The van der Waals surface area contributed by atoms with E-state index >= 15 is 0 Å².